The predicted molar refractivity (Wildman–Crippen MR) is 220 cm³/mol. The van der Waals surface area contributed by atoms with Gasteiger partial charge in [0.1, 0.15) is 0 Å². The summed E-state index contributed by atoms with van der Waals surface area (Å²) < 4.78 is 44.9. The highest BCUT2D eigenvalue weighted by Crippen LogP contribution is 2.44. The maximum atomic E-state index is 12.5. The van der Waals surface area contributed by atoms with Gasteiger partial charge < -0.3 is 70.1 Å². The molecule has 0 rings (SSSR count). The van der Waals surface area contributed by atoms with Crippen molar-refractivity contribution in [2.75, 3.05) is 125 Å². The number of hydrogen-bond acceptors (Lipinski definition) is 14. The molecule has 0 aromatic heterocycles. The Morgan fingerprint density at radius 2 is 1.03 bits per heavy atom. The Bertz CT molecular complexity index is 1230. The van der Waals surface area contributed by atoms with Gasteiger partial charge in [0.05, 0.1) is 97.7 Å². The van der Waals surface area contributed by atoms with Crippen LogP contribution in [0.15, 0.2) is 0 Å². The summed E-state index contributed by atoms with van der Waals surface area (Å²) >= 11 is 0. The minimum Gasteiger partial charge on any atom is -0.481 e. The number of rotatable bonds is 43. The minimum atomic E-state index is -3.95. The van der Waals surface area contributed by atoms with E-state index in [1.54, 1.807) is 7.05 Å². The first kappa shape index (κ1) is 56.7. The standard InChI is InChI=1S/C38H72N5O16P/c1-3-4-5-6-7-12-40-33(44)10-16-54-20-24-58-27-23-57-19-15-43-37(49)32(39-2)29-35(46)42-14-18-56-22-26-59-25-21-55-17-13-41-34(45)11-28-60(52,53)30-31(38(50)51)8-9-36(47)48/h31-32,39H,3-30H2,1-2H3,(H,40,44)(H,41,45)(H,42,46)(H,43,49)(H,47,48)(H,50,51)(H,52,53). The summed E-state index contributed by atoms with van der Waals surface area (Å²) in [4.78, 5) is 80.5. The van der Waals surface area contributed by atoms with Gasteiger partial charge in [0.2, 0.25) is 31.0 Å². The van der Waals surface area contributed by atoms with E-state index >= 15 is 0 Å². The van der Waals surface area contributed by atoms with Gasteiger partial charge in [0.25, 0.3) is 0 Å². The highest BCUT2D eigenvalue weighted by atomic mass is 31.2. The van der Waals surface area contributed by atoms with Crippen LogP contribution in [0.3, 0.4) is 0 Å². The lowest BCUT2D eigenvalue weighted by molar-refractivity contribution is -0.142. The topological polar surface area (TPSA) is 296 Å². The van der Waals surface area contributed by atoms with E-state index in [1.165, 1.54) is 19.3 Å². The van der Waals surface area contributed by atoms with Gasteiger partial charge in [0.15, 0.2) is 0 Å². The maximum absolute atomic E-state index is 12.5. The van der Waals surface area contributed by atoms with Crippen molar-refractivity contribution in [3.8, 4) is 0 Å². The van der Waals surface area contributed by atoms with E-state index in [0.717, 1.165) is 12.8 Å². The lowest BCUT2D eigenvalue weighted by atomic mass is 10.1. The van der Waals surface area contributed by atoms with Crippen molar-refractivity contribution in [1.82, 2.24) is 26.6 Å². The fourth-order valence-electron chi connectivity index (χ4n) is 5.16. The molecule has 22 heteroatoms. The molecule has 0 saturated carbocycles. The van der Waals surface area contributed by atoms with Gasteiger partial charge in [-0.2, -0.15) is 0 Å². The Labute approximate surface area is 353 Å². The van der Waals surface area contributed by atoms with Gasteiger partial charge in [-0.3, -0.25) is 33.3 Å². The number of nitrogens with one attached hydrogen (secondary N) is 5. The third kappa shape index (κ3) is 36.6. The number of likely N-dealkylation sites (N-methyl/N-ethyl adjacent to an activating group) is 1. The summed E-state index contributed by atoms with van der Waals surface area (Å²) in [5.41, 5.74) is 0. The number of carbonyl (C=O) groups excluding carboxylic acids is 4. The average Bonchev–Trinajstić information content (AvgIpc) is 3.20. The SMILES string of the molecule is CCCCCCCNC(=O)CCOCCOCCOCCNC(=O)C(CC(=O)NCCOCCOCCOCCNC(=O)CCP(=O)(O)CC(CCC(=O)O)C(=O)O)NC. The van der Waals surface area contributed by atoms with Crippen molar-refractivity contribution in [2.45, 2.75) is 77.2 Å². The molecular weight excluding hydrogens is 813 g/mol. The van der Waals surface area contributed by atoms with Crippen LogP contribution in [0.1, 0.15) is 71.1 Å². The molecule has 3 unspecified atom stereocenters. The first-order valence-corrected chi connectivity index (χ1v) is 22.8. The Hall–Kier alpha value is -3.27. The molecule has 21 nitrogen and oxygen atoms in total. The van der Waals surface area contributed by atoms with E-state index in [2.05, 4.69) is 33.5 Å². The number of unbranched alkanes of at least 4 members (excludes halogenated alkanes) is 4. The number of amides is 4. The minimum absolute atomic E-state index is 0.00694. The Morgan fingerprint density at radius 1 is 0.567 bits per heavy atom. The molecule has 60 heavy (non-hydrogen) atoms. The number of aliphatic carboxylic acids is 2. The molecule has 0 aliphatic heterocycles. The molecule has 0 spiro atoms. The lowest BCUT2D eigenvalue weighted by Gasteiger charge is -2.16. The third-order valence-electron chi connectivity index (χ3n) is 8.55. The van der Waals surface area contributed by atoms with Crippen LogP contribution in [0.4, 0.5) is 0 Å². The molecule has 350 valence electrons. The van der Waals surface area contributed by atoms with Gasteiger partial charge in [-0.25, -0.2) is 0 Å². The Balaban J connectivity index is 3.71. The number of hydrogen-bond donors (Lipinski definition) is 8. The summed E-state index contributed by atoms with van der Waals surface area (Å²) in [6.45, 7) is 7.09. The Kier molecular flexibility index (Phi) is 36.5. The number of carboxylic acid groups (broad SMARTS) is 2. The quantitative estimate of drug-likeness (QED) is 0.0298. The molecular formula is C38H72N5O16P. The van der Waals surface area contributed by atoms with Gasteiger partial charge in [-0.05, 0) is 19.9 Å². The van der Waals surface area contributed by atoms with Gasteiger partial charge in [-0.15, -0.1) is 0 Å². The van der Waals surface area contributed by atoms with E-state index in [-0.39, 0.29) is 103 Å². The molecule has 0 aliphatic carbocycles. The summed E-state index contributed by atoms with van der Waals surface area (Å²) in [7, 11) is -2.36. The molecule has 0 radical (unpaired) electrons. The van der Waals surface area contributed by atoms with Crippen LogP contribution in [-0.4, -0.2) is 182 Å². The highest BCUT2D eigenvalue weighted by molar-refractivity contribution is 7.58. The predicted octanol–water partition coefficient (Wildman–Crippen LogP) is 0.116. The van der Waals surface area contributed by atoms with Crippen LogP contribution >= 0.6 is 7.37 Å². The molecule has 3 atom stereocenters. The highest BCUT2D eigenvalue weighted by Gasteiger charge is 2.29. The molecule has 8 N–H and O–H groups in total. The van der Waals surface area contributed by atoms with Crippen LogP contribution in [0.25, 0.3) is 0 Å². The molecule has 0 saturated heterocycles. The van der Waals surface area contributed by atoms with Crippen molar-refractivity contribution in [3.63, 3.8) is 0 Å². The normalized spacial score (nSPS) is 13.2. The van der Waals surface area contributed by atoms with Gasteiger partial charge >= 0.3 is 11.9 Å². The van der Waals surface area contributed by atoms with Crippen molar-refractivity contribution >= 4 is 42.9 Å². The second-order valence-electron chi connectivity index (χ2n) is 13.7. The summed E-state index contributed by atoms with van der Waals surface area (Å²) in [6.07, 6.45) is 3.98. The van der Waals surface area contributed by atoms with Crippen LogP contribution in [0.2, 0.25) is 0 Å². The number of carboxylic acids is 2. The van der Waals surface area contributed by atoms with E-state index in [9.17, 15) is 43.3 Å². The molecule has 0 bridgehead atoms. The number of ether oxygens (including phenoxy) is 6. The second kappa shape index (κ2) is 38.6. The average molecular weight is 886 g/mol. The van der Waals surface area contributed by atoms with Crippen molar-refractivity contribution < 1.29 is 76.9 Å². The molecule has 0 heterocycles. The van der Waals surface area contributed by atoms with E-state index in [1.807, 2.05) is 0 Å². The maximum Gasteiger partial charge on any atom is 0.307 e. The zero-order chi connectivity index (χ0) is 44.7. The first-order valence-electron chi connectivity index (χ1n) is 20.8. The van der Waals surface area contributed by atoms with Crippen molar-refractivity contribution in [2.24, 2.45) is 5.92 Å². The molecule has 4 amide bonds. The van der Waals surface area contributed by atoms with E-state index < -0.39 is 55.9 Å². The lowest BCUT2D eigenvalue weighted by Crippen LogP contribution is -2.46. The third-order valence-corrected chi connectivity index (χ3v) is 10.5. The zero-order valence-corrected chi connectivity index (χ0v) is 36.4. The summed E-state index contributed by atoms with van der Waals surface area (Å²) in [5, 5.41) is 31.6. The van der Waals surface area contributed by atoms with Gasteiger partial charge in [-0.1, -0.05) is 32.6 Å². The molecule has 0 aromatic carbocycles. The summed E-state index contributed by atoms with van der Waals surface area (Å²) in [5.74, 6) is -5.02. The molecule has 0 aromatic rings. The Morgan fingerprint density at radius 3 is 1.55 bits per heavy atom. The zero-order valence-electron chi connectivity index (χ0n) is 35.5. The van der Waals surface area contributed by atoms with Crippen molar-refractivity contribution in [3.05, 3.63) is 0 Å². The second-order valence-corrected chi connectivity index (χ2v) is 16.2. The van der Waals surface area contributed by atoms with Crippen LogP contribution < -0.4 is 26.6 Å². The van der Waals surface area contributed by atoms with E-state index in [0.29, 0.717) is 46.0 Å². The smallest absolute Gasteiger partial charge is 0.307 e. The summed E-state index contributed by atoms with van der Waals surface area (Å²) in [6, 6.07) is -0.723. The van der Waals surface area contributed by atoms with Gasteiger partial charge in [0, 0.05) is 57.8 Å². The van der Waals surface area contributed by atoms with Crippen LogP contribution in [-0.2, 0) is 61.8 Å². The molecule has 0 aliphatic rings. The monoisotopic (exact) mass is 885 g/mol. The fourth-order valence-corrected chi connectivity index (χ4v) is 6.93. The van der Waals surface area contributed by atoms with E-state index in [4.69, 9.17) is 33.5 Å². The number of carbonyl (C=O) groups is 6. The largest absolute Gasteiger partial charge is 0.481 e. The molecule has 0 fully saturated rings. The van der Waals surface area contributed by atoms with Crippen LogP contribution in [0.5, 0.6) is 0 Å². The van der Waals surface area contributed by atoms with Crippen LogP contribution in [0, 0.1) is 5.92 Å². The fraction of sp³-hybridized carbons (Fsp3) is 0.842. The van der Waals surface area contributed by atoms with Crippen molar-refractivity contribution in [1.29, 1.82) is 0 Å². The first-order chi connectivity index (χ1) is 28.8.